The molecule has 0 N–H and O–H groups in total. The first-order valence-corrected chi connectivity index (χ1v) is 8.49. The number of aryl methyl sites for hydroxylation is 1. The lowest BCUT2D eigenvalue weighted by molar-refractivity contribution is -0.127. The van der Waals surface area contributed by atoms with Crippen LogP contribution >= 0.6 is 11.8 Å². The molecule has 0 aromatic carbocycles. The Morgan fingerprint density at radius 3 is 2.59 bits per heavy atom. The van der Waals surface area contributed by atoms with Crippen molar-refractivity contribution in [2.24, 2.45) is 0 Å². The molecule has 0 radical (unpaired) electrons. The number of hydrogen-bond donors (Lipinski definition) is 0. The van der Waals surface area contributed by atoms with E-state index in [-0.39, 0.29) is 5.91 Å². The molecule has 0 aliphatic rings. The fraction of sp³-hybridized carbons (Fsp3) is 0.533. The molecule has 2 rings (SSSR count). The molecule has 0 atom stereocenters. The summed E-state index contributed by atoms with van der Waals surface area (Å²) in [7, 11) is 0. The molecule has 0 bridgehead atoms. The average molecular weight is 322 g/mol. The van der Waals surface area contributed by atoms with Gasteiger partial charge in [0.15, 0.2) is 11.0 Å². The van der Waals surface area contributed by atoms with Crippen molar-refractivity contribution in [1.82, 2.24) is 19.7 Å². The zero-order valence-electron chi connectivity index (χ0n) is 13.5. The lowest BCUT2D eigenvalue weighted by Crippen LogP contribution is -2.31. The van der Waals surface area contributed by atoms with Gasteiger partial charge in [0, 0.05) is 19.6 Å². The Hall–Kier alpha value is -1.76. The summed E-state index contributed by atoms with van der Waals surface area (Å²) in [5.41, 5.74) is 0.941. The Bertz CT molecular complexity index is 631. The first-order chi connectivity index (χ1) is 10.6. The van der Waals surface area contributed by atoms with Crippen molar-refractivity contribution in [3.8, 4) is 11.4 Å². The van der Waals surface area contributed by atoms with E-state index < -0.39 is 0 Å². The second kappa shape index (κ2) is 7.49. The molecule has 6 nitrogen and oxygen atoms in total. The SMILES string of the molecule is CCN(CC)C(=O)CSc1nnc(-c2ccoc2C)n1CC. The van der Waals surface area contributed by atoms with Gasteiger partial charge in [-0.05, 0) is 33.8 Å². The van der Waals surface area contributed by atoms with E-state index in [9.17, 15) is 4.79 Å². The van der Waals surface area contributed by atoms with Crippen LogP contribution in [0.5, 0.6) is 0 Å². The van der Waals surface area contributed by atoms with E-state index >= 15 is 0 Å². The van der Waals surface area contributed by atoms with Crippen LogP contribution < -0.4 is 0 Å². The first kappa shape index (κ1) is 16.6. The summed E-state index contributed by atoms with van der Waals surface area (Å²) in [6, 6.07) is 1.89. The van der Waals surface area contributed by atoms with Gasteiger partial charge >= 0.3 is 0 Å². The van der Waals surface area contributed by atoms with E-state index in [1.54, 1.807) is 6.26 Å². The predicted octanol–water partition coefficient (Wildman–Crippen LogP) is 2.83. The largest absolute Gasteiger partial charge is 0.469 e. The van der Waals surface area contributed by atoms with Crippen LogP contribution in [0.4, 0.5) is 0 Å². The zero-order chi connectivity index (χ0) is 16.1. The fourth-order valence-electron chi connectivity index (χ4n) is 2.29. The molecule has 2 aromatic heterocycles. The van der Waals surface area contributed by atoms with E-state index in [0.29, 0.717) is 5.75 Å². The maximum absolute atomic E-state index is 12.1. The van der Waals surface area contributed by atoms with Crippen molar-refractivity contribution in [3.63, 3.8) is 0 Å². The summed E-state index contributed by atoms with van der Waals surface area (Å²) in [5, 5.41) is 9.25. The standard InChI is InChI=1S/C15H22N4O2S/c1-5-18(6-2)13(20)10-22-15-17-16-14(19(15)7-3)12-8-9-21-11(12)4/h8-9H,5-7,10H2,1-4H3. The Kier molecular flexibility index (Phi) is 5.65. The van der Waals surface area contributed by atoms with Gasteiger partial charge in [0.1, 0.15) is 5.76 Å². The molecule has 22 heavy (non-hydrogen) atoms. The molecule has 0 saturated heterocycles. The van der Waals surface area contributed by atoms with E-state index in [1.807, 2.05) is 43.2 Å². The fourth-order valence-corrected chi connectivity index (χ4v) is 3.20. The van der Waals surface area contributed by atoms with Crippen LogP contribution in [0.1, 0.15) is 26.5 Å². The van der Waals surface area contributed by atoms with Gasteiger partial charge in [-0.2, -0.15) is 0 Å². The molecule has 120 valence electrons. The molecule has 2 aromatic rings. The summed E-state index contributed by atoms with van der Waals surface area (Å²) < 4.78 is 7.35. The minimum Gasteiger partial charge on any atom is -0.469 e. The van der Waals surface area contributed by atoms with Gasteiger partial charge in [0.05, 0.1) is 17.6 Å². The maximum Gasteiger partial charge on any atom is 0.233 e. The highest BCUT2D eigenvalue weighted by Crippen LogP contribution is 2.26. The van der Waals surface area contributed by atoms with Gasteiger partial charge in [0.25, 0.3) is 0 Å². The highest BCUT2D eigenvalue weighted by Gasteiger charge is 2.18. The van der Waals surface area contributed by atoms with Gasteiger partial charge in [-0.15, -0.1) is 10.2 Å². The third-order valence-electron chi connectivity index (χ3n) is 3.57. The smallest absolute Gasteiger partial charge is 0.233 e. The second-order valence-corrected chi connectivity index (χ2v) is 5.74. The van der Waals surface area contributed by atoms with E-state index in [1.165, 1.54) is 11.8 Å². The van der Waals surface area contributed by atoms with Crippen molar-refractivity contribution in [2.45, 2.75) is 39.4 Å². The van der Waals surface area contributed by atoms with Gasteiger partial charge in [-0.1, -0.05) is 11.8 Å². The second-order valence-electron chi connectivity index (χ2n) is 4.80. The highest BCUT2D eigenvalue weighted by molar-refractivity contribution is 7.99. The molecule has 0 unspecified atom stereocenters. The van der Waals surface area contributed by atoms with Crippen molar-refractivity contribution in [3.05, 3.63) is 18.1 Å². The van der Waals surface area contributed by atoms with Crippen LogP contribution in [0.25, 0.3) is 11.4 Å². The molecule has 0 fully saturated rings. The quantitative estimate of drug-likeness (QED) is 0.733. The number of carbonyl (C=O) groups excluding carboxylic acids is 1. The molecule has 7 heteroatoms. The normalized spacial score (nSPS) is 10.9. The van der Waals surface area contributed by atoms with E-state index in [2.05, 4.69) is 10.2 Å². The zero-order valence-corrected chi connectivity index (χ0v) is 14.3. The number of hydrogen-bond acceptors (Lipinski definition) is 5. The van der Waals surface area contributed by atoms with Gasteiger partial charge in [0.2, 0.25) is 5.91 Å². The topological polar surface area (TPSA) is 64.2 Å². The molecule has 0 aliphatic heterocycles. The summed E-state index contributed by atoms with van der Waals surface area (Å²) in [4.78, 5) is 13.9. The Labute approximate surface area is 134 Å². The molecular weight excluding hydrogens is 300 g/mol. The summed E-state index contributed by atoms with van der Waals surface area (Å²) in [5.74, 6) is 2.11. The Morgan fingerprint density at radius 1 is 1.32 bits per heavy atom. The Morgan fingerprint density at radius 2 is 2.05 bits per heavy atom. The van der Waals surface area contributed by atoms with Crippen molar-refractivity contribution in [1.29, 1.82) is 0 Å². The number of amides is 1. The van der Waals surface area contributed by atoms with Gasteiger partial charge in [-0.3, -0.25) is 4.79 Å². The van der Waals surface area contributed by atoms with Crippen LogP contribution in [0.2, 0.25) is 0 Å². The number of nitrogens with zero attached hydrogens (tertiary/aromatic N) is 4. The number of rotatable bonds is 7. The lowest BCUT2D eigenvalue weighted by Gasteiger charge is -2.18. The summed E-state index contributed by atoms with van der Waals surface area (Å²) in [6.45, 7) is 10.1. The Balaban J connectivity index is 2.15. The number of aromatic nitrogens is 3. The molecule has 0 aliphatic carbocycles. The van der Waals surface area contributed by atoms with E-state index in [4.69, 9.17) is 4.42 Å². The summed E-state index contributed by atoms with van der Waals surface area (Å²) >= 11 is 1.43. The number of thioether (sulfide) groups is 1. The molecular formula is C15H22N4O2S. The predicted molar refractivity (Wildman–Crippen MR) is 86.8 cm³/mol. The van der Waals surface area contributed by atoms with Gasteiger partial charge in [-0.25, -0.2) is 0 Å². The molecule has 2 heterocycles. The van der Waals surface area contributed by atoms with Crippen LogP contribution in [-0.2, 0) is 11.3 Å². The van der Waals surface area contributed by atoms with Crippen LogP contribution in [0.15, 0.2) is 21.9 Å². The van der Waals surface area contributed by atoms with Crippen molar-refractivity contribution in [2.75, 3.05) is 18.8 Å². The van der Waals surface area contributed by atoms with Crippen molar-refractivity contribution < 1.29 is 9.21 Å². The monoisotopic (exact) mass is 322 g/mol. The number of carbonyl (C=O) groups is 1. The van der Waals surface area contributed by atoms with Gasteiger partial charge < -0.3 is 13.9 Å². The number of furan rings is 1. The maximum atomic E-state index is 12.1. The first-order valence-electron chi connectivity index (χ1n) is 7.50. The lowest BCUT2D eigenvalue weighted by atomic mass is 10.2. The molecule has 0 saturated carbocycles. The average Bonchev–Trinajstić information content (AvgIpc) is 3.11. The van der Waals surface area contributed by atoms with Crippen LogP contribution in [-0.4, -0.2) is 44.4 Å². The third-order valence-corrected chi connectivity index (χ3v) is 4.53. The molecule has 0 spiro atoms. The highest BCUT2D eigenvalue weighted by atomic mass is 32.2. The summed E-state index contributed by atoms with van der Waals surface area (Å²) in [6.07, 6.45) is 1.65. The van der Waals surface area contributed by atoms with E-state index in [0.717, 1.165) is 41.9 Å². The van der Waals surface area contributed by atoms with Crippen LogP contribution in [0, 0.1) is 6.92 Å². The minimum atomic E-state index is 0.127. The van der Waals surface area contributed by atoms with Crippen molar-refractivity contribution >= 4 is 17.7 Å². The third kappa shape index (κ3) is 3.35. The van der Waals surface area contributed by atoms with Crippen LogP contribution in [0.3, 0.4) is 0 Å². The molecule has 1 amide bonds. The minimum absolute atomic E-state index is 0.127.